The minimum Gasteiger partial charge on any atom is -0.361 e. The molecule has 0 aliphatic rings. The van der Waals surface area contributed by atoms with Crippen molar-refractivity contribution in [1.29, 1.82) is 0 Å². The summed E-state index contributed by atoms with van der Waals surface area (Å²) in [5.74, 6) is 0.0634. The van der Waals surface area contributed by atoms with Crippen LogP contribution in [0.4, 0.5) is 4.39 Å². The number of carbonyl (C=O) groups is 1. The lowest BCUT2D eigenvalue weighted by Crippen LogP contribution is -2.25. The summed E-state index contributed by atoms with van der Waals surface area (Å²) >= 11 is 0. The molecule has 1 amide bonds. The third-order valence-electron chi connectivity index (χ3n) is 2.47. The fourth-order valence-corrected chi connectivity index (χ4v) is 1.54. The third kappa shape index (κ3) is 3.16. The zero-order valence-corrected chi connectivity index (χ0v) is 9.94. The molecule has 94 valence electrons. The van der Waals surface area contributed by atoms with Gasteiger partial charge in [0.2, 0.25) is 0 Å². The molecule has 0 fully saturated rings. The highest BCUT2D eigenvalue weighted by molar-refractivity contribution is 5.92. The first-order chi connectivity index (χ1) is 8.65. The summed E-state index contributed by atoms with van der Waals surface area (Å²) in [4.78, 5) is 11.6. The van der Waals surface area contributed by atoms with E-state index in [4.69, 9.17) is 4.52 Å². The Balaban J connectivity index is 1.82. The van der Waals surface area contributed by atoms with Crippen molar-refractivity contribution in [2.45, 2.75) is 13.3 Å². The van der Waals surface area contributed by atoms with Crippen molar-refractivity contribution in [3.63, 3.8) is 0 Å². The molecule has 0 aliphatic heterocycles. The Morgan fingerprint density at radius 3 is 2.72 bits per heavy atom. The van der Waals surface area contributed by atoms with Gasteiger partial charge in [0.05, 0.1) is 0 Å². The molecular weight excluding hydrogens is 235 g/mol. The topological polar surface area (TPSA) is 55.1 Å². The van der Waals surface area contributed by atoms with E-state index in [1.807, 2.05) is 0 Å². The quantitative estimate of drug-likeness (QED) is 0.901. The molecule has 1 aromatic heterocycles. The first-order valence-electron chi connectivity index (χ1n) is 5.61. The van der Waals surface area contributed by atoms with Crippen LogP contribution in [0.3, 0.4) is 0 Å². The lowest BCUT2D eigenvalue weighted by atomic mass is 10.1. The van der Waals surface area contributed by atoms with Gasteiger partial charge in [0.1, 0.15) is 11.6 Å². The van der Waals surface area contributed by atoms with E-state index in [2.05, 4.69) is 10.5 Å². The van der Waals surface area contributed by atoms with Crippen molar-refractivity contribution in [3.05, 3.63) is 53.2 Å². The number of amides is 1. The number of aryl methyl sites for hydroxylation is 1. The highest BCUT2D eigenvalue weighted by Crippen LogP contribution is 2.04. The van der Waals surface area contributed by atoms with Gasteiger partial charge in [-0.3, -0.25) is 4.79 Å². The molecule has 2 rings (SSSR count). The van der Waals surface area contributed by atoms with Crippen LogP contribution in [-0.2, 0) is 6.42 Å². The summed E-state index contributed by atoms with van der Waals surface area (Å²) in [6.45, 7) is 2.19. The fourth-order valence-electron chi connectivity index (χ4n) is 1.54. The van der Waals surface area contributed by atoms with E-state index >= 15 is 0 Å². The summed E-state index contributed by atoms with van der Waals surface area (Å²) in [5, 5.41) is 6.34. The molecule has 0 aliphatic carbocycles. The molecule has 0 radical (unpaired) electrons. The molecule has 18 heavy (non-hydrogen) atoms. The van der Waals surface area contributed by atoms with Gasteiger partial charge in [-0.05, 0) is 31.0 Å². The Morgan fingerprint density at radius 1 is 1.39 bits per heavy atom. The van der Waals surface area contributed by atoms with E-state index in [0.717, 1.165) is 5.56 Å². The minimum absolute atomic E-state index is 0.263. The molecule has 1 heterocycles. The van der Waals surface area contributed by atoms with Crippen LogP contribution in [0.2, 0.25) is 0 Å². The molecule has 1 aromatic carbocycles. The number of hydrogen-bond donors (Lipinski definition) is 1. The maximum Gasteiger partial charge on any atom is 0.273 e. The molecule has 0 bridgehead atoms. The van der Waals surface area contributed by atoms with E-state index in [0.29, 0.717) is 18.7 Å². The first-order valence-corrected chi connectivity index (χ1v) is 5.61. The van der Waals surface area contributed by atoms with E-state index in [1.165, 1.54) is 12.1 Å². The smallest absolute Gasteiger partial charge is 0.273 e. The van der Waals surface area contributed by atoms with Gasteiger partial charge in [-0.1, -0.05) is 17.3 Å². The molecule has 0 atom stereocenters. The lowest BCUT2D eigenvalue weighted by Gasteiger charge is -2.03. The maximum atomic E-state index is 12.7. The number of carbonyl (C=O) groups excluding carboxylic acids is 1. The van der Waals surface area contributed by atoms with E-state index in [9.17, 15) is 9.18 Å². The van der Waals surface area contributed by atoms with Crippen LogP contribution in [0.1, 0.15) is 21.8 Å². The zero-order chi connectivity index (χ0) is 13.0. The Kier molecular flexibility index (Phi) is 3.72. The van der Waals surface area contributed by atoms with Gasteiger partial charge in [0, 0.05) is 12.6 Å². The standard InChI is InChI=1S/C13H13FN2O2/c1-9-8-12(16-18-9)13(17)15-7-6-10-2-4-11(14)5-3-10/h2-5,8H,6-7H2,1H3,(H,15,17). The molecule has 1 N–H and O–H groups in total. The lowest BCUT2D eigenvalue weighted by molar-refractivity contribution is 0.0945. The van der Waals surface area contributed by atoms with Crippen molar-refractivity contribution in [1.82, 2.24) is 10.5 Å². The third-order valence-corrected chi connectivity index (χ3v) is 2.47. The largest absolute Gasteiger partial charge is 0.361 e. The molecule has 0 saturated heterocycles. The molecule has 0 saturated carbocycles. The predicted octanol–water partition coefficient (Wildman–Crippen LogP) is 2.09. The van der Waals surface area contributed by atoms with Gasteiger partial charge in [-0.2, -0.15) is 0 Å². The molecule has 2 aromatic rings. The number of nitrogens with zero attached hydrogens (tertiary/aromatic N) is 1. The number of benzene rings is 1. The Bertz CT molecular complexity index is 534. The highest BCUT2D eigenvalue weighted by atomic mass is 19.1. The van der Waals surface area contributed by atoms with Crippen LogP contribution in [0.5, 0.6) is 0 Å². The van der Waals surface area contributed by atoms with Crippen LogP contribution in [0.15, 0.2) is 34.9 Å². The van der Waals surface area contributed by atoms with Crippen molar-refractivity contribution in [2.75, 3.05) is 6.54 Å². The summed E-state index contributed by atoms with van der Waals surface area (Å²) < 4.78 is 17.5. The summed E-state index contributed by atoms with van der Waals surface area (Å²) in [6.07, 6.45) is 0.642. The predicted molar refractivity (Wildman–Crippen MR) is 63.7 cm³/mol. The number of hydrogen-bond acceptors (Lipinski definition) is 3. The van der Waals surface area contributed by atoms with Crippen molar-refractivity contribution in [3.8, 4) is 0 Å². The summed E-state index contributed by atoms with van der Waals surface area (Å²) in [6, 6.07) is 7.77. The Morgan fingerprint density at radius 2 is 2.11 bits per heavy atom. The Labute approximate surface area is 104 Å². The zero-order valence-electron chi connectivity index (χ0n) is 9.94. The van der Waals surface area contributed by atoms with Crippen molar-refractivity contribution in [2.24, 2.45) is 0 Å². The molecule has 4 nitrogen and oxygen atoms in total. The average molecular weight is 248 g/mol. The van der Waals surface area contributed by atoms with Gasteiger partial charge in [-0.25, -0.2) is 4.39 Å². The number of halogens is 1. The van der Waals surface area contributed by atoms with Crippen molar-refractivity contribution < 1.29 is 13.7 Å². The normalized spacial score (nSPS) is 10.3. The number of nitrogens with one attached hydrogen (secondary N) is 1. The van der Waals surface area contributed by atoms with Crippen LogP contribution in [-0.4, -0.2) is 17.6 Å². The molecule has 0 unspecified atom stereocenters. The van der Waals surface area contributed by atoms with E-state index in [1.54, 1.807) is 25.1 Å². The second-order valence-electron chi connectivity index (χ2n) is 3.96. The fraction of sp³-hybridized carbons (Fsp3) is 0.231. The first kappa shape index (κ1) is 12.3. The summed E-state index contributed by atoms with van der Waals surface area (Å²) in [5.41, 5.74) is 1.24. The van der Waals surface area contributed by atoms with Crippen LogP contribution < -0.4 is 5.32 Å². The number of rotatable bonds is 4. The van der Waals surface area contributed by atoms with Gasteiger partial charge in [0.25, 0.3) is 5.91 Å². The highest BCUT2D eigenvalue weighted by Gasteiger charge is 2.09. The van der Waals surface area contributed by atoms with Crippen LogP contribution >= 0.6 is 0 Å². The minimum atomic E-state index is -0.269. The molecule has 5 heteroatoms. The van der Waals surface area contributed by atoms with Gasteiger partial charge in [0.15, 0.2) is 5.69 Å². The summed E-state index contributed by atoms with van der Waals surface area (Å²) in [7, 11) is 0. The monoisotopic (exact) mass is 248 g/mol. The van der Waals surface area contributed by atoms with Gasteiger partial charge >= 0.3 is 0 Å². The second kappa shape index (κ2) is 5.44. The van der Waals surface area contributed by atoms with Crippen LogP contribution in [0.25, 0.3) is 0 Å². The Hall–Kier alpha value is -2.17. The van der Waals surface area contributed by atoms with Gasteiger partial charge < -0.3 is 9.84 Å². The van der Waals surface area contributed by atoms with E-state index < -0.39 is 0 Å². The maximum absolute atomic E-state index is 12.7. The molecule has 0 spiro atoms. The second-order valence-corrected chi connectivity index (χ2v) is 3.96. The average Bonchev–Trinajstić information content (AvgIpc) is 2.78. The van der Waals surface area contributed by atoms with Gasteiger partial charge in [-0.15, -0.1) is 0 Å². The molecular formula is C13H13FN2O2. The SMILES string of the molecule is Cc1cc(C(=O)NCCc2ccc(F)cc2)no1. The number of aromatic nitrogens is 1. The van der Waals surface area contributed by atoms with E-state index in [-0.39, 0.29) is 17.4 Å². The van der Waals surface area contributed by atoms with Crippen molar-refractivity contribution >= 4 is 5.91 Å². The van der Waals surface area contributed by atoms with Crippen LogP contribution in [0, 0.1) is 12.7 Å².